The van der Waals surface area contributed by atoms with E-state index in [0.717, 1.165) is 4.90 Å². The average Bonchev–Trinajstić information content (AvgIpc) is 2.97. The zero-order valence-corrected chi connectivity index (χ0v) is 15.5. The largest absolute Gasteiger partial charge is 0.493 e. The molecule has 0 saturated heterocycles. The van der Waals surface area contributed by atoms with Crippen LogP contribution in [0.15, 0.2) is 42.5 Å². The SMILES string of the molecule is CCOc1cc([C@@H](CC(=O)NO)N2C(=O)c3ccccc3C2=O)ccc1OC. The van der Waals surface area contributed by atoms with Gasteiger partial charge in [-0.15, -0.1) is 0 Å². The Morgan fingerprint density at radius 1 is 1.11 bits per heavy atom. The van der Waals surface area contributed by atoms with Crippen molar-refractivity contribution in [3.05, 3.63) is 59.2 Å². The highest BCUT2D eigenvalue weighted by molar-refractivity contribution is 6.21. The summed E-state index contributed by atoms with van der Waals surface area (Å²) in [7, 11) is 1.50. The van der Waals surface area contributed by atoms with Crippen molar-refractivity contribution in [2.45, 2.75) is 19.4 Å². The third-order valence-electron chi connectivity index (χ3n) is 4.51. The van der Waals surface area contributed by atoms with Crippen molar-refractivity contribution >= 4 is 17.7 Å². The van der Waals surface area contributed by atoms with Crippen LogP contribution in [0.4, 0.5) is 0 Å². The number of nitrogens with zero attached hydrogens (tertiary/aromatic N) is 1. The minimum Gasteiger partial charge on any atom is -0.493 e. The van der Waals surface area contributed by atoms with Gasteiger partial charge < -0.3 is 9.47 Å². The molecule has 0 aliphatic carbocycles. The lowest BCUT2D eigenvalue weighted by atomic mass is 10.0. The van der Waals surface area contributed by atoms with Crippen molar-refractivity contribution in [1.82, 2.24) is 10.4 Å². The molecule has 0 fully saturated rings. The molecule has 0 unspecified atom stereocenters. The molecule has 0 bridgehead atoms. The Labute approximate surface area is 161 Å². The summed E-state index contributed by atoms with van der Waals surface area (Å²) >= 11 is 0. The van der Waals surface area contributed by atoms with Gasteiger partial charge in [0.15, 0.2) is 11.5 Å². The molecule has 0 aromatic heterocycles. The topological polar surface area (TPSA) is 105 Å². The number of rotatable bonds is 7. The van der Waals surface area contributed by atoms with E-state index in [1.54, 1.807) is 47.9 Å². The number of nitrogens with one attached hydrogen (secondary N) is 1. The van der Waals surface area contributed by atoms with E-state index in [2.05, 4.69) is 0 Å². The van der Waals surface area contributed by atoms with Crippen LogP contribution in [0.2, 0.25) is 0 Å². The van der Waals surface area contributed by atoms with Gasteiger partial charge in [0.25, 0.3) is 11.8 Å². The van der Waals surface area contributed by atoms with Crippen molar-refractivity contribution < 1.29 is 29.1 Å². The van der Waals surface area contributed by atoms with Crippen molar-refractivity contribution in [1.29, 1.82) is 0 Å². The smallest absolute Gasteiger partial charge is 0.262 e. The summed E-state index contributed by atoms with van der Waals surface area (Å²) in [4.78, 5) is 38.7. The van der Waals surface area contributed by atoms with Gasteiger partial charge in [-0.1, -0.05) is 18.2 Å². The predicted octanol–water partition coefficient (Wildman–Crippen LogP) is 2.33. The van der Waals surface area contributed by atoms with Crippen molar-refractivity contribution in [3.8, 4) is 11.5 Å². The Morgan fingerprint density at radius 2 is 1.75 bits per heavy atom. The maximum atomic E-state index is 12.9. The molecule has 1 aliphatic heterocycles. The molecule has 2 N–H and O–H groups in total. The third kappa shape index (κ3) is 3.41. The fourth-order valence-electron chi connectivity index (χ4n) is 3.24. The van der Waals surface area contributed by atoms with Gasteiger partial charge in [-0.2, -0.15) is 0 Å². The summed E-state index contributed by atoms with van der Waals surface area (Å²) in [5, 5.41) is 8.97. The first kappa shape index (κ1) is 19.4. The second kappa shape index (κ2) is 8.10. The van der Waals surface area contributed by atoms with Gasteiger partial charge in [0.2, 0.25) is 5.91 Å². The summed E-state index contributed by atoms with van der Waals surface area (Å²) < 4.78 is 10.8. The van der Waals surface area contributed by atoms with Gasteiger partial charge in [-0.3, -0.25) is 24.5 Å². The molecule has 1 aliphatic rings. The maximum Gasteiger partial charge on any atom is 0.262 e. The van der Waals surface area contributed by atoms with Crippen LogP contribution in [-0.2, 0) is 4.79 Å². The molecule has 8 heteroatoms. The lowest BCUT2D eigenvalue weighted by molar-refractivity contribution is -0.130. The van der Waals surface area contributed by atoms with Crippen LogP contribution in [0, 0.1) is 0 Å². The predicted molar refractivity (Wildman–Crippen MR) is 98.4 cm³/mol. The number of hydrogen-bond acceptors (Lipinski definition) is 6. The second-order valence-corrected chi connectivity index (χ2v) is 6.12. The van der Waals surface area contributed by atoms with Gasteiger partial charge in [0.05, 0.1) is 37.3 Å². The maximum absolute atomic E-state index is 12.9. The molecular weight excluding hydrogens is 364 g/mol. The zero-order valence-electron chi connectivity index (χ0n) is 15.5. The Morgan fingerprint density at radius 3 is 2.29 bits per heavy atom. The second-order valence-electron chi connectivity index (χ2n) is 6.12. The summed E-state index contributed by atoms with van der Waals surface area (Å²) in [6.07, 6.45) is -0.306. The number of amides is 3. The lowest BCUT2D eigenvalue weighted by Gasteiger charge is -2.26. The normalized spacial score (nSPS) is 13.9. The summed E-state index contributed by atoms with van der Waals surface area (Å²) in [6, 6.07) is 10.5. The number of carbonyl (C=O) groups is 3. The minimum atomic E-state index is -0.926. The molecule has 28 heavy (non-hydrogen) atoms. The number of ether oxygens (including phenoxy) is 2. The first-order valence-electron chi connectivity index (χ1n) is 8.72. The molecule has 1 heterocycles. The third-order valence-corrected chi connectivity index (χ3v) is 4.51. The van der Waals surface area contributed by atoms with E-state index in [1.807, 2.05) is 6.92 Å². The van der Waals surface area contributed by atoms with E-state index in [1.165, 1.54) is 7.11 Å². The highest BCUT2D eigenvalue weighted by atomic mass is 16.5. The van der Waals surface area contributed by atoms with Gasteiger partial charge in [0, 0.05) is 0 Å². The quantitative estimate of drug-likeness (QED) is 0.431. The number of benzene rings is 2. The molecule has 146 valence electrons. The van der Waals surface area contributed by atoms with E-state index >= 15 is 0 Å². The average molecular weight is 384 g/mol. The minimum absolute atomic E-state index is 0.278. The lowest BCUT2D eigenvalue weighted by Crippen LogP contribution is -2.37. The summed E-state index contributed by atoms with van der Waals surface area (Å²) in [5.41, 5.74) is 2.62. The number of carbonyl (C=O) groups excluding carboxylic acids is 3. The van der Waals surface area contributed by atoms with E-state index in [-0.39, 0.29) is 17.5 Å². The molecular formula is C20H20N2O6. The van der Waals surface area contributed by atoms with Crippen LogP contribution in [0.3, 0.4) is 0 Å². The number of fused-ring (bicyclic) bond motifs is 1. The Balaban J connectivity index is 2.06. The van der Waals surface area contributed by atoms with E-state index < -0.39 is 23.8 Å². The van der Waals surface area contributed by atoms with Crippen molar-refractivity contribution in [2.75, 3.05) is 13.7 Å². The Hall–Kier alpha value is -3.39. The molecule has 0 saturated carbocycles. The molecule has 2 aromatic rings. The number of hydroxylamine groups is 1. The fourth-order valence-corrected chi connectivity index (χ4v) is 3.24. The monoisotopic (exact) mass is 384 g/mol. The molecule has 3 amide bonds. The number of imide groups is 1. The van der Waals surface area contributed by atoms with Crippen LogP contribution >= 0.6 is 0 Å². The van der Waals surface area contributed by atoms with Gasteiger partial charge in [-0.25, -0.2) is 5.48 Å². The first-order chi connectivity index (χ1) is 13.5. The first-order valence-corrected chi connectivity index (χ1v) is 8.72. The zero-order chi connectivity index (χ0) is 20.3. The van der Waals surface area contributed by atoms with Crippen LogP contribution in [0.25, 0.3) is 0 Å². The van der Waals surface area contributed by atoms with E-state index in [9.17, 15) is 14.4 Å². The molecule has 3 rings (SSSR count). The molecule has 1 atom stereocenters. The van der Waals surface area contributed by atoms with Crippen LogP contribution in [0.1, 0.15) is 45.7 Å². The number of hydrogen-bond donors (Lipinski definition) is 2. The van der Waals surface area contributed by atoms with Crippen molar-refractivity contribution in [2.24, 2.45) is 0 Å². The standard InChI is InChI=1S/C20H20N2O6/c1-3-28-17-10-12(8-9-16(17)27-2)15(11-18(23)21-26)22-19(24)13-6-4-5-7-14(13)20(22)25/h4-10,15,26H,3,11H2,1-2H3,(H,21,23)/t15-/m1/s1. The van der Waals surface area contributed by atoms with Gasteiger partial charge >= 0.3 is 0 Å². The Bertz CT molecular complexity index is 892. The number of methoxy groups -OCH3 is 1. The summed E-state index contributed by atoms with van der Waals surface area (Å²) in [5.74, 6) is -0.808. The van der Waals surface area contributed by atoms with Gasteiger partial charge in [-0.05, 0) is 36.8 Å². The van der Waals surface area contributed by atoms with Crippen LogP contribution in [0.5, 0.6) is 11.5 Å². The Kier molecular flexibility index (Phi) is 5.60. The molecule has 2 aromatic carbocycles. The molecule has 0 spiro atoms. The van der Waals surface area contributed by atoms with Gasteiger partial charge in [0.1, 0.15) is 0 Å². The molecule has 0 radical (unpaired) electrons. The van der Waals surface area contributed by atoms with E-state index in [0.29, 0.717) is 23.7 Å². The van der Waals surface area contributed by atoms with Crippen LogP contribution in [-0.4, -0.2) is 41.5 Å². The summed E-state index contributed by atoms with van der Waals surface area (Å²) in [6.45, 7) is 2.20. The fraction of sp³-hybridized carbons (Fsp3) is 0.250. The van der Waals surface area contributed by atoms with Crippen molar-refractivity contribution in [3.63, 3.8) is 0 Å². The van der Waals surface area contributed by atoms with Crippen LogP contribution < -0.4 is 15.0 Å². The van der Waals surface area contributed by atoms with E-state index in [4.69, 9.17) is 14.7 Å². The highest BCUT2D eigenvalue weighted by Gasteiger charge is 2.41. The highest BCUT2D eigenvalue weighted by Crippen LogP contribution is 2.37. The molecule has 8 nitrogen and oxygen atoms in total.